The molecular formula is C9H11ClN2O2. The molecule has 0 amide bonds. The van der Waals surface area contributed by atoms with Gasteiger partial charge in [0.05, 0.1) is 5.02 Å². The second-order valence-corrected chi connectivity index (χ2v) is 3.12. The van der Waals surface area contributed by atoms with E-state index in [1.54, 1.807) is 31.2 Å². The molecule has 14 heavy (non-hydrogen) atoms. The van der Waals surface area contributed by atoms with Gasteiger partial charge in [0, 0.05) is 0 Å². The summed E-state index contributed by atoms with van der Waals surface area (Å²) in [5.41, 5.74) is 5.35. The van der Waals surface area contributed by atoms with E-state index in [-0.39, 0.29) is 5.84 Å². The first-order chi connectivity index (χ1) is 6.65. The summed E-state index contributed by atoms with van der Waals surface area (Å²) < 4.78 is 5.35. The van der Waals surface area contributed by atoms with E-state index in [0.717, 1.165) is 0 Å². The third-order valence-electron chi connectivity index (χ3n) is 1.67. The van der Waals surface area contributed by atoms with Crippen molar-refractivity contribution >= 4 is 17.4 Å². The Hall–Kier alpha value is -1.42. The number of hydrogen-bond acceptors (Lipinski definition) is 3. The molecule has 3 N–H and O–H groups in total. The van der Waals surface area contributed by atoms with Crippen LogP contribution in [0.1, 0.15) is 6.92 Å². The third-order valence-corrected chi connectivity index (χ3v) is 1.98. The molecule has 0 fully saturated rings. The lowest BCUT2D eigenvalue weighted by Crippen LogP contribution is -2.31. The fraction of sp³-hybridized carbons (Fsp3) is 0.222. The summed E-state index contributed by atoms with van der Waals surface area (Å²) in [6.07, 6.45) is -0.514. The van der Waals surface area contributed by atoms with Crippen LogP contribution >= 0.6 is 11.6 Å². The minimum atomic E-state index is -0.514. The van der Waals surface area contributed by atoms with Crippen molar-refractivity contribution < 1.29 is 9.94 Å². The van der Waals surface area contributed by atoms with Gasteiger partial charge in [-0.1, -0.05) is 28.9 Å². The minimum Gasteiger partial charge on any atom is -0.481 e. The van der Waals surface area contributed by atoms with Crippen molar-refractivity contribution in [3.8, 4) is 5.75 Å². The Bertz CT molecular complexity index is 341. The molecule has 1 unspecified atom stereocenters. The van der Waals surface area contributed by atoms with Gasteiger partial charge in [-0.05, 0) is 19.1 Å². The van der Waals surface area contributed by atoms with Crippen molar-refractivity contribution in [2.24, 2.45) is 10.9 Å². The van der Waals surface area contributed by atoms with Crippen molar-refractivity contribution in [1.29, 1.82) is 0 Å². The van der Waals surface area contributed by atoms with Crippen LogP contribution in [-0.4, -0.2) is 17.1 Å². The van der Waals surface area contributed by atoms with Crippen LogP contribution in [0.3, 0.4) is 0 Å². The Morgan fingerprint density at radius 2 is 2.21 bits per heavy atom. The molecule has 0 saturated heterocycles. The molecule has 0 heterocycles. The van der Waals surface area contributed by atoms with Gasteiger partial charge in [0.2, 0.25) is 0 Å². The largest absolute Gasteiger partial charge is 0.481 e. The molecule has 0 spiro atoms. The fourth-order valence-corrected chi connectivity index (χ4v) is 1.05. The highest BCUT2D eigenvalue weighted by Gasteiger charge is 2.10. The summed E-state index contributed by atoms with van der Waals surface area (Å²) in [7, 11) is 0. The predicted octanol–water partition coefficient (Wildman–Crippen LogP) is 1.85. The normalized spacial score (nSPS) is 13.7. The number of benzene rings is 1. The maximum atomic E-state index is 8.40. The SMILES string of the molecule is CC(Oc1ccccc1Cl)/C(N)=N/O. The molecule has 0 bridgehead atoms. The van der Waals surface area contributed by atoms with Gasteiger partial charge in [-0.25, -0.2) is 0 Å². The maximum Gasteiger partial charge on any atom is 0.180 e. The van der Waals surface area contributed by atoms with Gasteiger partial charge in [-0.15, -0.1) is 0 Å². The van der Waals surface area contributed by atoms with E-state index in [9.17, 15) is 0 Å². The van der Waals surface area contributed by atoms with Crippen LogP contribution in [-0.2, 0) is 0 Å². The molecule has 0 aliphatic carbocycles. The molecule has 1 rings (SSSR count). The smallest absolute Gasteiger partial charge is 0.180 e. The van der Waals surface area contributed by atoms with E-state index in [0.29, 0.717) is 10.8 Å². The molecule has 0 aliphatic rings. The van der Waals surface area contributed by atoms with Crippen LogP contribution in [0.5, 0.6) is 5.75 Å². The second kappa shape index (κ2) is 4.72. The molecule has 0 saturated carbocycles. The highest BCUT2D eigenvalue weighted by Crippen LogP contribution is 2.24. The van der Waals surface area contributed by atoms with Gasteiger partial charge in [-0.3, -0.25) is 0 Å². The van der Waals surface area contributed by atoms with Gasteiger partial charge in [0.1, 0.15) is 5.75 Å². The summed E-state index contributed by atoms with van der Waals surface area (Å²) in [5.74, 6) is 0.512. The van der Waals surface area contributed by atoms with Gasteiger partial charge in [-0.2, -0.15) is 0 Å². The lowest BCUT2D eigenvalue weighted by molar-refractivity contribution is 0.266. The Morgan fingerprint density at radius 1 is 1.57 bits per heavy atom. The molecule has 1 aromatic carbocycles. The van der Waals surface area contributed by atoms with E-state index >= 15 is 0 Å². The van der Waals surface area contributed by atoms with Crippen LogP contribution in [0, 0.1) is 0 Å². The van der Waals surface area contributed by atoms with Crippen molar-refractivity contribution in [2.45, 2.75) is 13.0 Å². The molecule has 1 atom stereocenters. The fourth-order valence-electron chi connectivity index (χ4n) is 0.872. The summed E-state index contributed by atoms with van der Waals surface area (Å²) in [5, 5.41) is 11.7. The van der Waals surface area contributed by atoms with E-state index < -0.39 is 6.10 Å². The molecule has 76 valence electrons. The number of oxime groups is 1. The van der Waals surface area contributed by atoms with Crippen molar-refractivity contribution in [1.82, 2.24) is 0 Å². The standard InChI is InChI=1S/C9H11ClN2O2/c1-6(9(11)12-13)14-8-5-3-2-4-7(8)10/h2-6,13H,1H3,(H2,11,12). The lowest BCUT2D eigenvalue weighted by atomic mass is 10.3. The number of hydrogen-bond donors (Lipinski definition) is 2. The first-order valence-electron chi connectivity index (χ1n) is 4.03. The van der Waals surface area contributed by atoms with Crippen molar-refractivity contribution in [2.75, 3.05) is 0 Å². The second-order valence-electron chi connectivity index (χ2n) is 2.72. The van der Waals surface area contributed by atoms with Gasteiger partial charge in [0.15, 0.2) is 11.9 Å². The Labute approximate surface area is 86.9 Å². The number of halogens is 1. The number of amidine groups is 1. The average Bonchev–Trinajstić information content (AvgIpc) is 2.20. The van der Waals surface area contributed by atoms with Crippen LogP contribution in [0.4, 0.5) is 0 Å². The number of rotatable bonds is 3. The molecule has 1 aromatic rings. The zero-order valence-corrected chi connectivity index (χ0v) is 8.40. The van der Waals surface area contributed by atoms with E-state index in [2.05, 4.69) is 5.16 Å². The molecule has 5 heteroatoms. The van der Waals surface area contributed by atoms with E-state index in [1.807, 2.05) is 0 Å². The first kappa shape index (κ1) is 10.7. The van der Waals surface area contributed by atoms with Crippen molar-refractivity contribution in [3.05, 3.63) is 29.3 Å². The third kappa shape index (κ3) is 2.53. The molecule has 4 nitrogen and oxygen atoms in total. The number of para-hydroxylation sites is 1. The maximum absolute atomic E-state index is 8.40. The van der Waals surface area contributed by atoms with Crippen LogP contribution < -0.4 is 10.5 Å². The molecule has 0 aliphatic heterocycles. The quantitative estimate of drug-likeness (QED) is 0.349. The van der Waals surface area contributed by atoms with E-state index in [1.165, 1.54) is 0 Å². The van der Waals surface area contributed by atoms with E-state index in [4.69, 9.17) is 27.3 Å². The Balaban J connectivity index is 2.74. The van der Waals surface area contributed by atoms with Crippen molar-refractivity contribution in [3.63, 3.8) is 0 Å². The molecular weight excluding hydrogens is 204 g/mol. The monoisotopic (exact) mass is 214 g/mol. The van der Waals surface area contributed by atoms with Crippen LogP contribution in [0.2, 0.25) is 5.02 Å². The summed E-state index contributed by atoms with van der Waals surface area (Å²) >= 11 is 5.85. The zero-order chi connectivity index (χ0) is 10.6. The highest BCUT2D eigenvalue weighted by molar-refractivity contribution is 6.32. The van der Waals surface area contributed by atoms with Gasteiger partial charge < -0.3 is 15.7 Å². The summed E-state index contributed by atoms with van der Waals surface area (Å²) in [6.45, 7) is 1.67. The Morgan fingerprint density at radius 3 is 2.79 bits per heavy atom. The molecule has 0 aromatic heterocycles. The van der Waals surface area contributed by atoms with Gasteiger partial charge in [0.25, 0.3) is 0 Å². The van der Waals surface area contributed by atoms with Crippen LogP contribution in [0.25, 0.3) is 0 Å². The number of nitrogens with zero attached hydrogens (tertiary/aromatic N) is 1. The first-order valence-corrected chi connectivity index (χ1v) is 4.41. The summed E-state index contributed by atoms with van der Waals surface area (Å²) in [4.78, 5) is 0. The lowest BCUT2D eigenvalue weighted by Gasteiger charge is -2.13. The molecule has 0 radical (unpaired) electrons. The Kier molecular flexibility index (Phi) is 3.59. The van der Waals surface area contributed by atoms with Crippen LogP contribution in [0.15, 0.2) is 29.4 Å². The average molecular weight is 215 g/mol. The highest BCUT2D eigenvalue weighted by atomic mass is 35.5. The topological polar surface area (TPSA) is 67.8 Å². The minimum absolute atomic E-state index is 0.00456. The van der Waals surface area contributed by atoms with Gasteiger partial charge >= 0.3 is 0 Å². The number of nitrogens with two attached hydrogens (primary N) is 1. The number of ether oxygens (including phenoxy) is 1. The predicted molar refractivity (Wildman–Crippen MR) is 55.0 cm³/mol. The zero-order valence-electron chi connectivity index (χ0n) is 7.64. The summed E-state index contributed by atoms with van der Waals surface area (Å²) in [6, 6.07) is 7.00.